The Labute approximate surface area is 139 Å². The van der Waals surface area contributed by atoms with Crippen LogP contribution in [0.5, 0.6) is 0 Å². The number of benzene rings is 2. The van der Waals surface area contributed by atoms with E-state index < -0.39 is 12.1 Å². The fraction of sp³-hybridized carbons (Fsp3) is 0.300. The van der Waals surface area contributed by atoms with E-state index >= 15 is 0 Å². The molecule has 24 heavy (non-hydrogen) atoms. The van der Waals surface area contributed by atoms with E-state index in [1.54, 1.807) is 0 Å². The molecule has 0 spiro atoms. The van der Waals surface area contributed by atoms with E-state index in [0.29, 0.717) is 18.4 Å². The van der Waals surface area contributed by atoms with Crippen LogP contribution in [-0.4, -0.2) is 17.9 Å². The van der Waals surface area contributed by atoms with Crippen LogP contribution in [0.4, 0.5) is 0 Å². The van der Waals surface area contributed by atoms with Gasteiger partial charge in [0.05, 0.1) is 0 Å². The first-order valence-electron chi connectivity index (χ1n) is 8.29. The second-order valence-electron chi connectivity index (χ2n) is 6.33. The van der Waals surface area contributed by atoms with Gasteiger partial charge in [0.25, 0.3) is 0 Å². The van der Waals surface area contributed by atoms with Crippen molar-refractivity contribution in [1.82, 2.24) is 0 Å². The van der Waals surface area contributed by atoms with Crippen LogP contribution >= 0.6 is 0 Å². The maximum Gasteiger partial charge on any atom is 0.375 e. The van der Waals surface area contributed by atoms with Crippen LogP contribution in [0, 0.1) is 6.92 Å². The molecule has 4 nitrogen and oxygen atoms in total. The molecule has 3 aromatic rings. The molecule has 1 heterocycles. The van der Waals surface area contributed by atoms with Gasteiger partial charge in [-0.15, -0.1) is 0 Å². The second kappa shape index (κ2) is 5.78. The molecule has 122 valence electrons. The largest absolute Gasteiger partial charge is 0.448 e. The van der Waals surface area contributed by atoms with E-state index in [1.165, 1.54) is 0 Å². The van der Waals surface area contributed by atoms with Gasteiger partial charge in [0.2, 0.25) is 5.76 Å². The standard InChI is InChI=1S/C20H18O4/c1-12-14-11-10-13-6-2-3-7-15(13)19(14)24-18(12)20(22)23-17-9-5-4-8-16(17)21/h2-3,6-7,10-11,17H,4-5,8-9H2,1H3/t17-/m1/s1. The van der Waals surface area contributed by atoms with Gasteiger partial charge in [-0.3, -0.25) is 4.79 Å². The van der Waals surface area contributed by atoms with Gasteiger partial charge < -0.3 is 9.15 Å². The van der Waals surface area contributed by atoms with Crippen molar-refractivity contribution in [2.45, 2.75) is 38.7 Å². The molecule has 1 fully saturated rings. The Morgan fingerprint density at radius 2 is 1.96 bits per heavy atom. The highest BCUT2D eigenvalue weighted by atomic mass is 16.6. The maximum absolute atomic E-state index is 12.5. The number of hydrogen-bond acceptors (Lipinski definition) is 4. The SMILES string of the molecule is Cc1c(C(=O)O[C@@H]2CCCCC2=O)oc2c1ccc1ccccc12. The lowest BCUT2D eigenvalue weighted by Gasteiger charge is -2.20. The molecule has 2 aromatic carbocycles. The van der Waals surface area contributed by atoms with Gasteiger partial charge in [-0.2, -0.15) is 0 Å². The van der Waals surface area contributed by atoms with Crippen LogP contribution in [0.2, 0.25) is 0 Å². The minimum atomic E-state index is -0.629. The van der Waals surface area contributed by atoms with Crippen LogP contribution in [0.25, 0.3) is 21.7 Å². The highest BCUT2D eigenvalue weighted by Crippen LogP contribution is 2.32. The maximum atomic E-state index is 12.5. The summed E-state index contributed by atoms with van der Waals surface area (Å²) in [5.41, 5.74) is 1.44. The summed E-state index contributed by atoms with van der Waals surface area (Å²) in [6.45, 7) is 1.85. The molecule has 1 atom stereocenters. The predicted molar refractivity (Wildman–Crippen MR) is 91.1 cm³/mol. The third-order valence-corrected chi connectivity index (χ3v) is 4.76. The third kappa shape index (κ3) is 2.39. The molecule has 0 unspecified atom stereocenters. The highest BCUT2D eigenvalue weighted by Gasteiger charge is 2.29. The van der Waals surface area contributed by atoms with Gasteiger partial charge in [0.1, 0.15) is 5.58 Å². The number of rotatable bonds is 2. The van der Waals surface area contributed by atoms with Gasteiger partial charge in [0, 0.05) is 22.8 Å². The number of aryl methyl sites for hydroxylation is 1. The van der Waals surface area contributed by atoms with Crippen molar-refractivity contribution in [2.75, 3.05) is 0 Å². The van der Waals surface area contributed by atoms with Crippen molar-refractivity contribution in [2.24, 2.45) is 0 Å². The number of fused-ring (bicyclic) bond motifs is 3. The summed E-state index contributed by atoms with van der Waals surface area (Å²) in [7, 11) is 0. The van der Waals surface area contributed by atoms with E-state index in [9.17, 15) is 9.59 Å². The Bertz CT molecular complexity index is 951. The first kappa shape index (κ1) is 14.9. The molecule has 1 saturated carbocycles. The average Bonchev–Trinajstić information content (AvgIpc) is 2.94. The zero-order chi connectivity index (χ0) is 16.7. The normalized spacial score (nSPS) is 18.2. The Balaban J connectivity index is 1.73. The Morgan fingerprint density at radius 3 is 2.79 bits per heavy atom. The van der Waals surface area contributed by atoms with Crippen LogP contribution in [0.1, 0.15) is 41.8 Å². The van der Waals surface area contributed by atoms with E-state index in [0.717, 1.165) is 34.6 Å². The number of hydrogen-bond donors (Lipinski definition) is 0. The molecule has 1 aliphatic carbocycles. The van der Waals surface area contributed by atoms with Crippen LogP contribution in [0.3, 0.4) is 0 Å². The minimum absolute atomic E-state index is 0.00816. The highest BCUT2D eigenvalue weighted by molar-refractivity contribution is 6.08. The van der Waals surface area contributed by atoms with Gasteiger partial charge in [0.15, 0.2) is 11.9 Å². The Morgan fingerprint density at radius 1 is 1.12 bits per heavy atom. The molecule has 0 bridgehead atoms. The molecule has 1 aliphatic rings. The van der Waals surface area contributed by atoms with E-state index in [1.807, 2.05) is 43.3 Å². The number of esters is 1. The molecule has 1 aromatic heterocycles. The van der Waals surface area contributed by atoms with Crippen molar-refractivity contribution < 1.29 is 18.7 Å². The quantitative estimate of drug-likeness (QED) is 0.649. The second-order valence-corrected chi connectivity index (χ2v) is 6.33. The molecule has 0 N–H and O–H groups in total. The molecular formula is C20H18O4. The monoisotopic (exact) mass is 322 g/mol. The molecule has 0 radical (unpaired) electrons. The number of ether oxygens (including phenoxy) is 1. The summed E-state index contributed by atoms with van der Waals surface area (Å²) in [4.78, 5) is 24.4. The zero-order valence-electron chi connectivity index (χ0n) is 13.5. The average molecular weight is 322 g/mol. The summed E-state index contributed by atoms with van der Waals surface area (Å²) >= 11 is 0. The van der Waals surface area contributed by atoms with Crippen molar-refractivity contribution in [1.29, 1.82) is 0 Å². The van der Waals surface area contributed by atoms with E-state index in [4.69, 9.17) is 9.15 Å². The van der Waals surface area contributed by atoms with E-state index in [2.05, 4.69) is 0 Å². The smallest absolute Gasteiger partial charge is 0.375 e. The molecule has 4 heteroatoms. The lowest BCUT2D eigenvalue weighted by molar-refractivity contribution is -0.130. The minimum Gasteiger partial charge on any atom is -0.448 e. The Kier molecular flexibility index (Phi) is 3.60. The molecular weight excluding hydrogens is 304 g/mol. The molecule has 0 aliphatic heterocycles. The number of furan rings is 1. The van der Waals surface area contributed by atoms with E-state index in [-0.39, 0.29) is 11.5 Å². The summed E-state index contributed by atoms with van der Waals surface area (Å²) in [6, 6.07) is 11.9. The number of carbonyl (C=O) groups is 2. The van der Waals surface area contributed by atoms with Crippen molar-refractivity contribution >= 4 is 33.5 Å². The fourth-order valence-corrected chi connectivity index (χ4v) is 3.40. The lowest BCUT2D eigenvalue weighted by Crippen LogP contribution is -2.30. The first-order valence-corrected chi connectivity index (χ1v) is 8.29. The van der Waals surface area contributed by atoms with Crippen molar-refractivity contribution in [3.8, 4) is 0 Å². The molecule has 0 amide bonds. The van der Waals surface area contributed by atoms with Gasteiger partial charge in [-0.25, -0.2) is 4.79 Å². The summed E-state index contributed by atoms with van der Waals surface area (Å²) < 4.78 is 11.3. The topological polar surface area (TPSA) is 56.5 Å². The fourth-order valence-electron chi connectivity index (χ4n) is 3.40. The van der Waals surface area contributed by atoms with Crippen LogP contribution < -0.4 is 0 Å². The Hall–Kier alpha value is -2.62. The lowest BCUT2D eigenvalue weighted by atomic mass is 9.96. The number of ketones is 1. The van der Waals surface area contributed by atoms with Gasteiger partial charge >= 0.3 is 5.97 Å². The van der Waals surface area contributed by atoms with Gasteiger partial charge in [-0.1, -0.05) is 36.4 Å². The summed E-state index contributed by atoms with van der Waals surface area (Å²) in [6.07, 6.45) is 2.25. The van der Waals surface area contributed by atoms with Crippen LogP contribution in [0.15, 0.2) is 40.8 Å². The van der Waals surface area contributed by atoms with Crippen LogP contribution in [-0.2, 0) is 9.53 Å². The van der Waals surface area contributed by atoms with Crippen molar-refractivity contribution in [3.05, 3.63) is 47.7 Å². The molecule has 0 saturated heterocycles. The predicted octanol–water partition coefficient (Wildman–Crippen LogP) is 4.56. The first-order chi connectivity index (χ1) is 11.6. The third-order valence-electron chi connectivity index (χ3n) is 4.76. The van der Waals surface area contributed by atoms with Gasteiger partial charge in [-0.05, 0) is 31.6 Å². The summed E-state index contributed by atoms with van der Waals surface area (Å²) in [5, 5.41) is 2.92. The van der Waals surface area contributed by atoms with Crippen molar-refractivity contribution in [3.63, 3.8) is 0 Å². The number of Topliss-reactive ketones (excluding diaryl/α,β-unsaturated/α-hetero) is 1. The summed E-state index contributed by atoms with van der Waals surface area (Å²) in [5.74, 6) is -0.346. The molecule has 4 rings (SSSR count). The number of carbonyl (C=O) groups excluding carboxylic acids is 2. The zero-order valence-corrected chi connectivity index (χ0v) is 13.5.